The lowest BCUT2D eigenvalue weighted by atomic mass is 10.2. The van der Waals surface area contributed by atoms with E-state index in [0.717, 1.165) is 20.6 Å². The Hall–Kier alpha value is -2.64. The van der Waals surface area contributed by atoms with Crippen LogP contribution in [0.2, 0.25) is 5.02 Å². The predicted molar refractivity (Wildman–Crippen MR) is 127 cm³/mol. The fourth-order valence-electron chi connectivity index (χ4n) is 3.01. The van der Waals surface area contributed by atoms with Crippen LogP contribution in [0.3, 0.4) is 0 Å². The van der Waals surface area contributed by atoms with E-state index in [0.29, 0.717) is 21.7 Å². The zero-order valence-corrected chi connectivity index (χ0v) is 18.4. The lowest BCUT2D eigenvalue weighted by molar-refractivity contribution is 0.414. The van der Waals surface area contributed by atoms with Crippen LogP contribution in [0.15, 0.2) is 71.5 Å². The molecule has 3 aromatic carbocycles. The number of rotatable bonds is 4. The lowest BCUT2D eigenvalue weighted by Gasteiger charge is -2.12. The first kappa shape index (κ1) is 19.7. The highest BCUT2D eigenvalue weighted by atomic mass is 127. The number of halogens is 2. The van der Waals surface area contributed by atoms with E-state index in [4.69, 9.17) is 21.3 Å². The van der Waals surface area contributed by atoms with Gasteiger partial charge in [0.1, 0.15) is 11.6 Å². The maximum atomic E-state index is 13.3. The van der Waals surface area contributed by atoms with E-state index in [-0.39, 0.29) is 5.56 Å². The Bertz CT molecular complexity index is 1260. The topological polar surface area (TPSA) is 44.1 Å². The van der Waals surface area contributed by atoms with Gasteiger partial charge in [-0.05, 0) is 88.8 Å². The fraction of sp³-hybridized carbons (Fsp3) is 0.0435. The number of ether oxygens (including phenoxy) is 1. The molecule has 0 atom stereocenters. The van der Waals surface area contributed by atoms with Gasteiger partial charge in [0.25, 0.3) is 5.56 Å². The van der Waals surface area contributed by atoms with Crippen molar-refractivity contribution in [1.29, 1.82) is 0 Å². The summed E-state index contributed by atoms with van der Waals surface area (Å²) in [6.45, 7) is 0. The van der Waals surface area contributed by atoms with Crippen LogP contribution in [0, 0.1) is 3.57 Å². The summed E-state index contributed by atoms with van der Waals surface area (Å²) in [6, 6.07) is 20.5. The van der Waals surface area contributed by atoms with Gasteiger partial charge in [-0.2, -0.15) is 0 Å². The van der Waals surface area contributed by atoms with Crippen molar-refractivity contribution >= 4 is 57.2 Å². The Morgan fingerprint density at radius 2 is 1.72 bits per heavy atom. The van der Waals surface area contributed by atoms with E-state index in [9.17, 15) is 4.79 Å². The van der Waals surface area contributed by atoms with E-state index in [1.807, 2.05) is 78.9 Å². The first-order valence-corrected chi connectivity index (χ1v) is 10.3. The Morgan fingerprint density at radius 3 is 2.41 bits per heavy atom. The van der Waals surface area contributed by atoms with Crippen molar-refractivity contribution in [3.63, 3.8) is 0 Å². The van der Waals surface area contributed by atoms with Gasteiger partial charge in [-0.25, -0.2) is 4.98 Å². The number of methoxy groups -OCH3 is 1. The van der Waals surface area contributed by atoms with Crippen molar-refractivity contribution in [1.82, 2.24) is 9.55 Å². The van der Waals surface area contributed by atoms with Gasteiger partial charge in [0.15, 0.2) is 0 Å². The second-order valence-corrected chi connectivity index (χ2v) is 8.04. The minimum atomic E-state index is -0.116. The van der Waals surface area contributed by atoms with Crippen LogP contribution in [0.4, 0.5) is 0 Å². The maximum Gasteiger partial charge on any atom is 0.266 e. The molecule has 0 aliphatic carbocycles. The fourth-order valence-corrected chi connectivity index (χ4v) is 3.63. The number of fused-ring (bicyclic) bond motifs is 1. The third-order valence-electron chi connectivity index (χ3n) is 4.48. The highest BCUT2D eigenvalue weighted by molar-refractivity contribution is 14.1. The molecule has 0 aliphatic rings. The van der Waals surface area contributed by atoms with Crippen molar-refractivity contribution < 1.29 is 4.74 Å². The first-order chi connectivity index (χ1) is 14.0. The predicted octanol–water partition coefficient (Wildman–Crippen LogP) is 5.82. The monoisotopic (exact) mass is 514 g/mol. The molecule has 4 aromatic rings. The normalized spacial score (nSPS) is 11.3. The standard InChI is InChI=1S/C23H16ClIN2O2/c1-29-19-10-8-18(9-11-19)27-22(13-4-15-2-5-16(24)6-3-15)26-21-12-7-17(25)14-20(21)23(27)28/h2-14H,1H3. The molecule has 4 nitrogen and oxygen atoms in total. The van der Waals surface area contributed by atoms with Crippen LogP contribution >= 0.6 is 34.2 Å². The number of nitrogens with zero attached hydrogens (tertiary/aromatic N) is 2. The van der Waals surface area contributed by atoms with Crippen molar-refractivity contribution in [3.8, 4) is 11.4 Å². The van der Waals surface area contributed by atoms with Gasteiger partial charge < -0.3 is 4.74 Å². The second kappa shape index (κ2) is 8.39. The summed E-state index contributed by atoms with van der Waals surface area (Å²) < 4.78 is 7.84. The zero-order chi connectivity index (χ0) is 20.4. The molecule has 0 unspecified atom stereocenters. The molecular formula is C23H16ClIN2O2. The van der Waals surface area contributed by atoms with Crippen molar-refractivity contribution in [3.05, 3.63) is 97.1 Å². The van der Waals surface area contributed by atoms with Gasteiger partial charge >= 0.3 is 0 Å². The quantitative estimate of drug-likeness (QED) is 0.322. The Balaban J connectivity index is 1.91. The van der Waals surface area contributed by atoms with Gasteiger partial charge in [-0.15, -0.1) is 0 Å². The van der Waals surface area contributed by atoms with E-state index in [2.05, 4.69) is 22.6 Å². The number of hydrogen-bond acceptors (Lipinski definition) is 3. The summed E-state index contributed by atoms with van der Waals surface area (Å²) in [6.07, 6.45) is 3.75. The third-order valence-corrected chi connectivity index (χ3v) is 5.40. The lowest BCUT2D eigenvalue weighted by Crippen LogP contribution is -2.22. The molecule has 0 saturated carbocycles. The highest BCUT2D eigenvalue weighted by Gasteiger charge is 2.12. The van der Waals surface area contributed by atoms with Gasteiger partial charge in [0.05, 0.1) is 23.7 Å². The molecule has 29 heavy (non-hydrogen) atoms. The van der Waals surface area contributed by atoms with Crippen molar-refractivity contribution in [2.75, 3.05) is 7.11 Å². The molecule has 4 rings (SSSR count). The Morgan fingerprint density at radius 1 is 1.00 bits per heavy atom. The maximum absolute atomic E-state index is 13.3. The van der Waals surface area contributed by atoms with E-state index >= 15 is 0 Å². The van der Waals surface area contributed by atoms with Crippen molar-refractivity contribution in [2.45, 2.75) is 0 Å². The molecule has 0 spiro atoms. The van der Waals surface area contributed by atoms with Crippen LogP contribution in [0.5, 0.6) is 5.75 Å². The molecule has 0 amide bonds. The molecule has 0 aliphatic heterocycles. The average Bonchev–Trinajstić information content (AvgIpc) is 2.74. The smallest absolute Gasteiger partial charge is 0.266 e. The minimum Gasteiger partial charge on any atom is -0.497 e. The first-order valence-electron chi connectivity index (χ1n) is 8.85. The zero-order valence-electron chi connectivity index (χ0n) is 15.5. The minimum absolute atomic E-state index is 0.116. The van der Waals surface area contributed by atoms with Gasteiger partial charge in [0.2, 0.25) is 0 Å². The van der Waals surface area contributed by atoms with Crippen molar-refractivity contribution in [2.24, 2.45) is 0 Å². The van der Waals surface area contributed by atoms with Crippen LogP contribution in [-0.4, -0.2) is 16.7 Å². The summed E-state index contributed by atoms with van der Waals surface area (Å²) in [7, 11) is 1.61. The molecule has 1 aromatic heterocycles. The Kier molecular flexibility index (Phi) is 5.69. The molecule has 0 fully saturated rings. The van der Waals surface area contributed by atoms with E-state index in [1.165, 1.54) is 0 Å². The molecular weight excluding hydrogens is 499 g/mol. The summed E-state index contributed by atoms with van der Waals surface area (Å²) >= 11 is 8.16. The van der Waals surface area contributed by atoms with Gasteiger partial charge in [-0.3, -0.25) is 9.36 Å². The second-order valence-electron chi connectivity index (χ2n) is 6.35. The summed E-state index contributed by atoms with van der Waals surface area (Å²) in [5.41, 5.74) is 2.23. The molecule has 6 heteroatoms. The van der Waals surface area contributed by atoms with Crippen LogP contribution in [0.25, 0.3) is 28.7 Å². The molecule has 0 bridgehead atoms. The number of benzene rings is 3. The van der Waals surface area contributed by atoms with E-state index < -0.39 is 0 Å². The number of aromatic nitrogens is 2. The van der Waals surface area contributed by atoms with Crippen LogP contribution in [-0.2, 0) is 0 Å². The Labute approximate surface area is 186 Å². The molecule has 144 valence electrons. The highest BCUT2D eigenvalue weighted by Crippen LogP contribution is 2.20. The third kappa shape index (κ3) is 4.21. The molecule has 0 N–H and O–H groups in total. The van der Waals surface area contributed by atoms with Crippen LogP contribution in [0.1, 0.15) is 11.4 Å². The summed E-state index contributed by atoms with van der Waals surface area (Å²) in [5.74, 6) is 1.27. The molecule has 1 heterocycles. The summed E-state index contributed by atoms with van der Waals surface area (Å²) in [5, 5.41) is 1.26. The summed E-state index contributed by atoms with van der Waals surface area (Å²) in [4.78, 5) is 18.1. The largest absolute Gasteiger partial charge is 0.497 e. The number of hydrogen-bond donors (Lipinski definition) is 0. The molecule has 0 radical (unpaired) electrons. The van der Waals surface area contributed by atoms with Gasteiger partial charge in [-0.1, -0.05) is 29.8 Å². The van der Waals surface area contributed by atoms with E-state index in [1.54, 1.807) is 11.7 Å². The van der Waals surface area contributed by atoms with Crippen LogP contribution < -0.4 is 10.3 Å². The molecule has 0 saturated heterocycles. The SMILES string of the molecule is COc1ccc(-n2c(C=Cc3ccc(Cl)cc3)nc3ccc(I)cc3c2=O)cc1. The van der Waals surface area contributed by atoms with Gasteiger partial charge in [0, 0.05) is 8.59 Å². The average molecular weight is 515 g/mol.